The Morgan fingerprint density at radius 2 is 1.66 bits per heavy atom. The Balaban J connectivity index is 1.45. The van der Waals surface area contributed by atoms with Crippen LogP contribution in [-0.2, 0) is 0 Å². The molecule has 1 N–H and O–H groups in total. The standard InChI is InChI=1S/C24H21N7O/c1-15-19-6-4-5-7-21(19)28-24(26-15)29-23-25-13-12-22(27-23)20-14-31(30-16(20)2)17-8-10-18(32-3)11-9-17/h4-14H,1-3H3,(H,25,26,27,28,29). The van der Waals surface area contributed by atoms with Crippen molar-refractivity contribution in [3.63, 3.8) is 0 Å². The van der Waals surface area contributed by atoms with E-state index in [1.54, 1.807) is 13.3 Å². The molecule has 0 aliphatic carbocycles. The number of nitrogens with zero attached hydrogens (tertiary/aromatic N) is 6. The molecule has 0 saturated heterocycles. The van der Waals surface area contributed by atoms with Crippen molar-refractivity contribution in [3.05, 3.63) is 78.4 Å². The largest absolute Gasteiger partial charge is 0.497 e. The minimum absolute atomic E-state index is 0.425. The number of nitrogens with one attached hydrogen (secondary N) is 1. The summed E-state index contributed by atoms with van der Waals surface area (Å²) in [6.07, 6.45) is 3.67. The third-order valence-corrected chi connectivity index (χ3v) is 5.18. The highest BCUT2D eigenvalue weighted by atomic mass is 16.5. The molecule has 0 aliphatic rings. The molecular weight excluding hydrogens is 402 g/mol. The molecule has 3 heterocycles. The molecule has 0 radical (unpaired) electrons. The number of benzene rings is 2. The second-order valence-corrected chi connectivity index (χ2v) is 7.31. The van der Waals surface area contributed by atoms with Gasteiger partial charge in [0.1, 0.15) is 5.75 Å². The zero-order valence-corrected chi connectivity index (χ0v) is 17.9. The summed E-state index contributed by atoms with van der Waals surface area (Å²) >= 11 is 0. The van der Waals surface area contributed by atoms with Gasteiger partial charge in [-0.2, -0.15) is 5.10 Å². The Kier molecular flexibility index (Phi) is 4.95. The van der Waals surface area contributed by atoms with Crippen LogP contribution in [0.4, 0.5) is 11.9 Å². The van der Waals surface area contributed by atoms with Gasteiger partial charge in [0.25, 0.3) is 0 Å². The molecule has 0 fully saturated rings. The van der Waals surface area contributed by atoms with Crippen molar-refractivity contribution >= 4 is 22.8 Å². The average Bonchev–Trinajstić information content (AvgIpc) is 3.21. The first kappa shape index (κ1) is 19.6. The highest BCUT2D eigenvalue weighted by Gasteiger charge is 2.12. The van der Waals surface area contributed by atoms with Crippen LogP contribution in [0.5, 0.6) is 5.75 Å². The number of fused-ring (bicyclic) bond motifs is 1. The molecule has 0 amide bonds. The lowest BCUT2D eigenvalue weighted by Crippen LogP contribution is -2.03. The first-order valence-electron chi connectivity index (χ1n) is 10.2. The number of para-hydroxylation sites is 1. The van der Waals surface area contributed by atoms with Gasteiger partial charge >= 0.3 is 0 Å². The normalized spacial score (nSPS) is 11.0. The molecule has 0 bridgehead atoms. The van der Waals surface area contributed by atoms with Gasteiger partial charge in [-0.05, 0) is 50.2 Å². The predicted octanol–water partition coefficient (Wildman–Crippen LogP) is 4.64. The predicted molar refractivity (Wildman–Crippen MR) is 123 cm³/mol. The lowest BCUT2D eigenvalue weighted by atomic mass is 10.2. The van der Waals surface area contributed by atoms with E-state index in [1.807, 2.05) is 79.3 Å². The fourth-order valence-corrected chi connectivity index (χ4v) is 3.54. The second-order valence-electron chi connectivity index (χ2n) is 7.31. The van der Waals surface area contributed by atoms with Gasteiger partial charge in [-0.25, -0.2) is 24.6 Å². The number of hydrogen-bond acceptors (Lipinski definition) is 7. The number of anilines is 2. The lowest BCUT2D eigenvalue weighted by Gasteiger charge is -2.07. The van der Waals surface area contributed by atoms with Gasteiger partial charge < -0.3 is 4.74 Å². The molecule has 0 spiro atoms. The number of ether oxygens (including phenoxy) is 1. The van der Waals surface area contributed by atoms with Crippen LogP contribution in [0.1, 0.15) is 11.4 Å². The van der Waals surface area contributed by atoms with E-state index in [4.69, 9.17) is 4.74 Å². The third kappa shape index (κ3) is 3.74. The zero-order chi connectivity index (χ0) is 22.1. The van der Waals surface area contributed by atoms with Crippen LogP contribution in [-0.4, -0.2) is 36.8 Å². The summed E-state index contributed by atoms with van der Waals surface area (Å²) in [5, 5.41) is 8.80. The van der Waals surface area contributed by atoms with Crippen molar-refractivity contribution in [2.45, 2.75) is 13.8 Å². The van der Waals surface area contributed by atoms with Crippen LogP contribution >= 0.6 is 0 Å². The number of rotatable bonds is 5. The highest BCUT2D eigenvalue weighted by Crippen LogP contribution is 2.25. The molecule has 3 aromatic heterocycles. The van der Waals surface area contributed by atoms with Crippen molar-refractivity contribution in [2.75, 3.05) is 12.4 Å². The average molecular weight is 423 g/mol. The quantitative estimate of drug-likeness (QED) is 0.440. The van der Waals surface area contributed by atoms with Gasteiger partial charge in [0.05, 0.1) is 35.4 Å². The van der Waals surface area contributed by atoms with E-state index in [9.17, 15) is 0 Å². The molecule has 2 aromatic carbocycles. The number of methoxy groups -OCH3 is 1. The summed E-state index contributed by atoms with van der Waals surface area (Å²) in [6.45, 7) is 3.92. The van der Waals surface area contributed by atoms with Crippen LogP contribution in [0.2, 0.25) is 0 Å². The SMILES string of the molecule is COc1ccc(-n2cc(-c3ccnc(Nc4nc(C)c5ccccc5n4)n3)c(C)n2)cc1. The number of hydrogen-bond donors (Lipinski definition) is 1. The topological polar surface area (TPSA) is 90.6 Å². The van der Waals surface area contributed by atoms with E-state index in [1.165, 1.54) is 0 Å². The second kappa shape index (κ2) is 8.07. The van der Waals surface area contributed by atoms with Crippen LogP contribution in [0.15, 0.2) is 67.0 Å². The van der Waals surface area contributed by atoms with Crippen molar-refractivity contribution in [2.24, 2.45) is 0 Å². The lowest BCUT2D eigenvalue weighted by molar-refractivity contribution is 0.414. The van der Waals surface area contributed by atoms with Crippen LogP contribution in [0, 0.1) is 13.8 Å². The third-order valence-electron chi connectivity index (χ3n) is 5.18. The monoisotopic (exact) mass is 423 g/mol. The Hall–Kier alpha value is -4.33. The Morgan fingerprint density at radius 1 is 0.844 bits per heavy atom. The Morgan fingerprint density at radius 3 is 2.47 bits per heavy atom. The fraction of sp³-hybridized carbons (Fsp3) is 0.125. The Labute approximate surface area is 185 Å². The Bertz CT molecular complexity index is 1410. The van der Waals surface area contributed by atoms with Gasteiger partial charge in [-0.15, -0.1) is 0 Å². The molecular formula is C24H21N7O. The summed E-state index contributed by atoms with van der Waals surface area (Å²) in [5.74, 6) is 1.69. The summed E-state index contributed by atoms with van der Waals surface area (Å²) in [5.41, 5.74) is 5.25. The minimum atomic E-state index is 0.425. The van der Waals surface area contributed by atoms with Gasteiger partial charge in [0.2, 0.25) is 11.9 Å². The smallest absolute Gasteiger partial charge is 0.230 e. The minimum Gasteiger partial charge on any atom is -0.497 e. The van der Waals surface area contributed by atoms with Gasteiger partial charge in [-0.1, -0.05) is 18.2 Å². The van der Waals surface area contributed by atoms with Crippen molar-refractivity contribution in [1.82, 2.24) is 29.7 Å². The van der Waals surface area contributed by atoms with Crippen LogP contribution < -0.4 is 10.1 Å². The number of aryl methyl sites for hydroxylation is 2. The van der Waals surface area contributed by atoms with E-state index in [0.717, 1.165) is 45.0 Å². The molecule has 0 unspecified atom stereocenters. The molecule has 0 atom stereocenters. The molecule has 8 nitrogen and oxygen atoms in total. The van der Waals surface area contributed by atoms with Crippen molar-refractivity contribution in [3.8, 4) is 22.7 Å². The fourth-order valence-electron chi connectivity index (χ4n) is 3.54. The number of aromatic nitrogens is 6. The van der Waals surface area contributed by atoms with E-state index < -0.39 is 0 Å². The molecule has 0 aliphatic heterocycles. The van der Waals surface area contributed by atoms with Gasteiger partial charge in [-0.3, -0.25) is 5.32 Å². The van der Waals surface area contributed by atoms with E-state index in [0.29, 0.717) is 11.9 Å². The van der Waals surface area contributed by atoms with Crippen molar-refractivity contribution < 1.29 is 4.74 Å². The van der Waals surface area contributed by atoms with E-state index in [2.05, 4.69) is 30.4 Å². The van der Waals surface area contributed by atoms with Crippen LogP contribution in [0.3, 0.4) is 0 Å². The highest BCUT2D eigenvalue weighted by molar-refractivity contribution is 5.81. The zero-order valence-electron chi connectivity index (χ0n) is 17.9. The van der Waals surface area contributed by atoms with Gasteiger partial charge in [0.15, 0.2) is 0 Å². The maximum absolute atomic E-state index is 5.23. The molecule has 8 heteroatoms. The first-order valence-corrected chi connectivity index (χ1v) is 10.2. The molecule has 0 saturated carbocycles. The van der Waals surface area contributed by atoms with E-state index in [-0.39, 0.29) is 0 Å². The van der Waals surface area contributed by atoms with Crippen LogP contribution in [0.25, 0.3) is 27.8 Å². The van der Waals surface area contributed by atoms with Crippen molar-refractivity contribution in [1.29, 1.82) is 0 Å². The summed E-state index contributed by atoms with van der Waals surface area (Å²) < 4.78 is 7.06. The first-order chi connectivity index (χ1) is 15.6. The van der Waals surface area contributed by atoms with Gasteiger partial charge in [0, 0.05) is 23.3 Å². The summed E-state index contributed by atoms with van der Waals surface area (Å²) in [4.78, 5) is 18.1. The molecule has 32 heavy (non-hydrogen) atoms. The summed E-state index contributed by atoms with van der Waals surface area (Å²) in [6, 6.07) is 17.5. The summed E-state index contributed by atoms with van der Waals surface area (Å²) in [7, 11) is 1.65. The van der Waals surface area contributed by atoms with E-state index >= 15 is 0 Å². The molecule has 158 valence electrons. The maximum atomic E-state index is 5.23. The molecule has 5 rings (SSSR count). The maximum Gasteiger partial charge on any atom is 0.230 e. The molecule has 5 aromatic rings.